The highest BCUT2D eigenvalue weighted by molar-refractivity contribution is 5.92. The number of rotatable bonds is 3. The first-order valence-electron chi connectivity index (χ1n) is 6.13. The molecule has 6 nitrogen and oxygen atoms in total. The van der Waals surface area contributed by atoms with Crippen LogP contribution in [0.15, 0.2) is 18.2 Å². The van der Waals surface area contributed by atoms with Gasteiger partial charge in [0.2, 0.25) is 0 Å². The van der Waals surface area contributed by atoms with Crippen molar-refractivity contribution in [1.82, 2.24) is 15.0 Å². The number of carboxylic acid groups (broad SMARTS) is 1. The van der Waals surface area contributed by atoms with Gasteiger partial charge in [-0.1, -0.05) is 0 Å². The molecule has 1 aromatic carbocycles. The first-order chi connectivity index (χ1) is 9.19. The van der Waals surface area contributed by atoms with Crippen molar-refractivity contribution >= 4 is 5.97 Å². The smallest absolute Gasteiger partial charge is 0.358 e. The van der Waals surface area contributed by atoms with E-state index in [1.807, 2.05) is 25.1 Å². The molecule has 19 heavy (non-hydrogen) atoms. The van der Waals surface area contributed by atoms with Gasteiger partial charge in [-0.3, -0.25) is 0 Å². The molecule has 0 aliphatic carbocycles. The van der Waals surface area contributed by atoms with Gasteiger partial charge in [-0.15, -0.1) is 5.10 Å². The number of aryl methyl sites for hydroxylation is 1. The van der Waals surface area contributed by atoms with E-state index < -0.39 is 5.97 Å². The molecule has 0 saturated heterocycles. The summed E-state index contributed by atoms with van der Waals surface area (Å²) in [6.45, 7) is 3.08. The minimum Gasteiger partial charge on any atom is -0.493 e. The summed E-state index contributed by atoms with van der Waals surface area (Å²) in [5, 5.41) is 17.4. The molecule has 0 amide bonds. The summed E-state index contributed by atoms with van der Waals surface area (Å²) in [7, 11) is 0. The lowest BCUT2D eigenvalue weighted by Gasteiger charge is -2.01. The maximum absolute atomic E-state index is 11.2. The van der Waals surface area contributed by atoms with Crippen LogP contribution in [0.2, 0.25) is 0 Å². The highest BCUT2D eigenvalue weighted by Crippen LogP contribution is 2.30. The fourth-order valence-corrected chi connectivity index (χ4v) is 2.16. The Kier molecular flexibility index (Phi) is 2.70. The zero-order valence-corrected chi connectivity index (χ0v) is 10.5. The number of aromatic carboxylic acids is 1. The maximum Gasteiger partial charge on any atom is 0.358 e. The van der Waals surface area contributed by atoms with Gasteiger partial charge in [-0.25, -0.2) is 4.79 Å². The average molecular weight is 259 g/mol. The maximum atomic E-state index is 11.2. The van der Waals surface area contributed by atoms with Crippen molar-refractivity contribution in [3.8, 4) is 17.0 Å². The van der Waals surface area contributed by atoms with E-state index in [0.29, 0.717) is 18.8 Å². The molecule has 6 heteroatoms. The predicted molar refractivity (Wildman–Crippen MR) is 67.3 cm³/mol. The van der Waals surface area contributed by atoms with Gasteiger partial charge in [0.1, 0.15) is 11.4 Å². The summed E-state index contributed by atoms with van der Waals surface area (Å²) in [6, 6.07) is 5.60. The summed E-state index contributed by atoms with van der Waals surface area (Å²) in [5.41, 5.74) is 2.24. The zero-order valence-electron chi connectivity index (χ0n) is 10.5. The van der Waals surface area contributed by atoms with Crippen molar-refractivity contribution in [2.75, 3.05) is 6.61 Å². The van der Waals surface area contributed by atoms with Crippen LogP contribution in [0, 0.1) is 0 Å². The number of aromatic nitrogens is 3. The summed E-state index contributed by atoms with van der Waals surface area (Å²) in [6.07, 6.45) is 0.841. The van der Waals surface area contributed by atoms with Gasteiger partial charge < -0.3 is 9.84 Å². The van der Waals surface area contributed by atoms with Crippen LogP contribution >= 0.6 is 0 Å². The molecule has 1 aliphatic heterocycles. The molecule has 3 rings (SSSR count). The minimum atomic E-state index is -1.06. The Morgan fingerprint density at radius 2 is 2.32 bits per heavy atom. The van der Waals surface area contributed by atoms with E-state index in [1.54, 1.807) is 0 Å². The Morgan fingerprint density at radius 3 is 3.05 bits per heavy atom. The van der Waals surface area contributed by atoms with Crippen LogP contribution in [-0.4, -0.2) is 32.7 Å². The van der Waals surface area contributed by atoms with Crippen LogP contribution in [0.3, 0.4) is 0 Å². The highest BCUT2D eigenvalue weighted by Gasteiger charge is 2.21. The average Bonchev–Trinajstić information content (AvgIpc) is 3.04. The van der Waals surface area contributed by atoms with Gasteiger partial charge in [-0.2, -0.15) is 9.90 Å². The van der Waals surface area contributed by atoms with Gasteiger partial charge in [0, 0.05) is 12.0 Å². The molecule has 0 unspecified atom stereocenters. The van der Waals surface area contributed by atoms with E-state index in [0.717, 1.165) is 23.3 Å². The third-order valence-corrected chi connectivity index (χ3v) is 3.10. The minimum absolute atomic E-state index is 0.0132. The molecule has 0 saturated carbocycles. The molecule has 0 spiro atoms. The summed E-state index contributed by atoms with van der Waals surface area (Å²) in [5.74, 6) is -0.199. The van der Waals surface area contributed by atoms with Crippen molar-refractivity contribution in [2.45, 2.75) is 19.9 Å². The van der Waals surface area contributed by atoms with E-state index in [9.17, 15) is 9.90 Å². The van der Waals surface area contributed by atoms with Crippen LogP contribution in [0.5, 0.6) is 5.75 Å². The van der Waals surface area contributed by atoms with Crippen molar-refractivity contribution in [2.24, 2.45) is 0 Å². The number of hydrogen-bond acceptors (Lipinski definition) is 4. The number of fused-ring (bicyclic) bond motifs is 1. The van der Waals surface area contributed by atoms with Gasteiger partial charge in [0.25, 0.3) is 0 Å². The molecule has 2 heterocycles. The van der Waals surface area contributed by atoms with Crippen LogP contribution in [0.4, 0.5) is 0 Å². The third kappa shape index (κ3) is 1.95. The SMILES string of the molecule is CCn1nc(C(=O)O)c(-c2ccc3c(c2)CCO3)n1. The number of carboxylic acids is 1. The molecule has 0 fully saturated rings. The van der Waals surface area contributed by atoms with Gasteiger partial charge in [0.15, 0.2) is 5.69 Å². The summed E-state index contributed by atoms with van der Waals surface area (Å²) < 4.78 is 5.44. The Hall–Kier alpha value is -2.37. The Balaban J connectivity index is 2.10. The normalized spacial score (nSPS) is 13.1. The monoisotopic (exact) mass is 259 g/mol. The second-order valence-electron chi connectivity index (χ2n) is 4.31. The number of ether oxygens (including phenoxy) is 1. The first-order valence-corrected chi connectivity index (χ1v) is 6.13. The molecular formula is C13H13N3O3. The zero-order chi connectivity index (χ0) is 13.4. The van der Waals surface area contributed by atoms with Gasteiger partial charge >= 0.3 is 5.97 Å². The third-order valence-electron chi connectivity index (χ3n) is 3.10. The lowest BCUT2D eigenvalue weighted by molar-refractivity contribution is 0.0690. The van der Waals surface area contributed by atoms with E-state index >= 15 is 0 Å². The Morgan fingerprint density at radius 1 is 1.47 bits per heavy atom. The van der Waals surface area contributed by atoms with E-state index in [4.69, 9.17) is 4.74 Å². The lowest BCUT2D eigenvalue weighted by atomic mass is 10.1. The van der Waals surface area contributed by atoms with Crippen LogP contribution in [0.1, 0.15) is 23.0 Å². The number of benzene rings is 1. The predicted octanol–water partition coefficient (Wildman–Crippen LogP) is 1.60. The van der Waals surface area contributed by atoms with Crippen molar-refractivity contribution < 1.29 is 14.6 Å². The second-order valence-corrected chi connectivity index (χ2v) is 4.31. The molecule has 1 aromatic heterocycles. The first kappa shape index (κ1) is 11.7. The van der Waals surface area contributed by atoms with Crippen LogP contribution < -0.4 is 4.74 Å². The van der Waals surface area contributed by atoms with Crippen LogP contribution in [0.25, 0.3) is 11.3 Å². The summed E-state index contributed by atoms with van der Waals surface area (Å²) >= 11 is 0. The molecule has 2 aromatic rings. The van der Waals surface area contributed by atoms with Gasteiger partial charge in [0.05, 0.1) is 13.2 Å². The number of nitrogens with zero attached hydrogens (tertiary/aromatic N) is 3. The van der Waals surface area contributed by atoms with E-state index in [2.05, 4.69) is 10.2 Å². The Bertz CT molecular complexity index is 649. The highest BCUT2D eigenvalue weighted by atomic mass is 16.5. The molecule has 1 aliphatic rings. The number of hydrogen-bond donors (Lipinski definition) is 1. The largest absolute Gasteiger partial charge is 0.493 e. The Labute approximate surface area is 109 Å². The fourth-order valence-electron chi connectivity index (χ4n) is 2.16. The molecular weight excluding hydrogens is 246 g/mol. The standard InChI is InChI=1S/C13H13N3O3/c1-2-16-14-11(12(15-16)13(17)18)9-3-4-10-8(7-9)5-6-19-10/h3-4,7H,2,5-6H2,1H3,(H,17,18). The topological polar surface area (TPSA) is 77.2 Å². The van der Waals surface area contributed by atoms with Crippen molar-refractivity contribution in [3.05, 3.63) is 29.5 Å². The molecule has 0 bridgehead atoms. The number of carbonyl (C=O) groups is 1. The van der Waals surface area contributed by atoms with Gasteiger partial charge in [-0.05, 0) is 30.7 Å². The van der Waals surface area contributed by atoms with E-state index in [1.165, 1.54) is 4.80 Å². The molecule has 0 atom stereocenters. The summed E-state index contributed by atoms with van der Waals surface area (Å²) in [4.78, 5) is 12.6. The van der Waals surface area contributed by atoms with Crippen molar-refractivity contribution in [3.63, 3.8) is 0 Å². The molecule has 98 valence electrons. The molecule has 1 N–H and O–H groups in total. The van der Waals surface area contributed by atoms with E-state index in [-0.39, 0.29) is 5.69 Å². The molecule has 0 radical (unpaired) electrons. The fraction of sp³-hybridized carbons (Fsp3) is 0.308. The van der Waals surface area contributed by atoms with Crippen LogP contribution in [-0.2, 0) is 13.0 Å². The lowest BCUT2D eigenvalue weighted by Crippen LogP contribution is -2.02. The second kappa shape index (κ2) is 4.38. The quantitative estimate of drug-likeness (QED) is 0.905. The van der Waals surface area contributed by atoms with Crippen molar-refractivity contribution in [1.29, 1.82) is 0 Å².